The Hall–Kier alpha value is -6.58. The summed E-state index contributed by atoms with van der Waals surface area (Å²) in [5, 5.41) is 9.91. The summed E-state index contributed by atoms with van der Waals surface area (Å²) in [6.07, 6.45) is 0. The van der Waals surface area contributed by atoms with Crippen molar-refractivity contribution >= 4 is 87.9 Å². The van der Waals surface area contributed by atoms with Gasteiger partial charge in [0.25, 0.3) is 0 Å². The lowest BCUT2D eigenvalue weighted by Gasteiger charge is -2.26. The van der Waals surface area contributed by atoms with Gasteiger partial charge in [0.05, 0.1) is 16.6 Å². The monoisotopic (exact) mass is 624 g/mol. The van der Waals surface area contributed by atoms with Crippen LogP contribution in [0, 0.1) is 0 Å². The van der Waals surface area contributed by atoms with Gasteiger partial charge in [0.1, 0.15) is 11.2 Å². The minimum atomic E-state index is 0.879. The van der Waals surface area contributed by atoms with Crippen LogP contribution in [0.4, 0.5) is 17.1 Å². The fourth-order valence-electron chi connectivity index (χ4n) is 8.11. The second-order valence-electron chi connectivity index (χ2n) is 12.9. The molecule has 0 unspecified atom stereocenters. The fourth-order valence-corrected chi connectivity index (χ4v) is 8.11. The molecule has 0 bridgehead atoms. The van der Waals surface area contributed by atoms with E-state index in [2.05, 4.69) is 167 Å². The van der Waals surface area contributed by atoms with Gasteiger partial charge in [0.15, 0.2) is 0 Å². The Morgan fingerprint density at radius 1 is 0.388 bits per heavy atom. The molecule has 0 spiro atoms. The van der Waals surface area contributed by atoms with E-state index in [9.17, 15) is 0 Å². The van der Waals surface area contributed by atoms with Gasteiger partial charge >= 0.3 is 0 Å². The van der Waals surface area contributed by atoms with E-state index in [1.54, 1.807) is 0 Å². The lowest BCUT2D eigenvalue weighted by molar-refractivity contribution is 0.669. The van der Waals surface area contributed by atoms with E-state index in [4.69, 9.17) is 4.42 Å². The fraction of sp³-hybridized carbons (Fsp3) is 0. The van der Waals surface area contributed by atoms with Crippen LogP contribution >= 0.6 is 0 Å². The zero-order valence-corrected chi connectivity index (χ0v) is 26.5. The molecule has 3 heteroatoms. The molecule has 0 saturated carbocycles. The zero-order valence-electron chi connectivity index (χ0n) is 26.5. The van der Waals surface area contributed by atoms with E-state index in [1.807, 2.05) is 12.1 Å². The van der Waals surface area contributed by atoms with Crippen LogP contribution in [0.5, 0.6) is 0 Å². The Balaban J connectivity index is 1.17. The van der Waals surface area contributed by atoms with Gasteiger partial charge in [0.2, 0.25) is 0 Å². The van der Waals surface area contributed by atoms with Crippen LogP contribution in [0.1, 0.15) is 0 Å². The molecule has 0 aliphatic carbocycles. The minimum Gasteiger partial charge on any atom is -0.456 e. The quantitative estimate of drug-likeness (QED) is 0.143. The van der Waals surface area contributed by atoms with Crippen LogP contribution < -0.4 is 4.90 Å². The molecule has 0 radical (unpaired) electrons. The molecule has 0 amide bonds. The Morgan fingerprint density at radius 2 is 1.04 bits per heavy atom. The third-order valence-electron chi connectivity index (χ3n) is 10.3. The van der Waals surface area contributed by atoms with Gasteiger partial charge in [-0.1, -0.05) is 109 Å². The highest BCUT2D eigenvalue weighted by Gasteiger charge is 2.21. The molecule has 11 rings (SSSR count). The van der Waals surface area contributed by atoms with Gasteiger partial charge in [-0.15, -0.1) is 0 Å². The summed E-state index contributed by atoms with van der Waals surface area (Å²) in [4.78, 5) is 2.35. The van der Waals surface area contributed by atoms with Crippen molar-refractivity contribution in [2.75, 3.05) is 4.90 Å². The predicted octanol–water partition coefficient (Wildman–Crippen LogP) is 13.0. The summed E-state index contributed by atoms with van der Waals surface area (Å²) < 4.78 is 8.86. The van der Waals surface area contributed by atoms with Gasteiger partial charge in [0, 0.05) is 55.4 Å². The lowest BCUT2D eigenvalue weighted by atomic mass is 9.99. The number of pyridine rings is 1. The van der Waals surface area contributed by atoms with Crippen molar-refractivity contribution in [2.24, 2.45) is 0 Å². The van der Waals surface area contributed by atoms with Crippen LogP contribution in [0.2, 0.25) is 0 Å². The Labute approximate surface area is 281 Å². The Bertz CT molecular complexity index is 3030. The first-order valence-electron chi connectivity index (χ1n) is 16.8. The van der Waals surface area contributed by atoms with Crippen LogP contribution in [0.25, 0.3) is 81.9 Å². The first-order valence-corrected chi connectivity index (χ1v) is 16.8. The lowest BCUT2D eigenvalue weighted by Crippen LogP contribution is -2.09. The summed E-state index contributed by atoms with van der Waals surface area (Å²) in [5.41, 5.74) is 11.1. The molecule has 0 atom stereocenters. The van der Waals surface area contributed by atoms with Gasteiger partial charge in [-0.3, -0.25) is 0 Å². The molecule has 3 nitrogen and oxygen atoms in total. The van der Waals surface area contributed by atoms with Crippen molar-refractivity contribution < 1.29 is 4.42 Å². The zero-order chi connectivity index (χ0) is 32.1. The third kappa shape index (κ3) is 3.78. The maximum absolute atomic E-state index is 6.39. The molecule has 228 valence electrons. The highest BCUT2D eigenvalue weighted by Crippen LogP contribution is 2.44. The molecule has 0 saturated heterocycles. The number of hydrogen-bond acceptors (Lipinski definition) is 2. The normalized spacial score (nSPS) is 12.1. The number of furan rings is 1. The topological polar surface area (TPSA) is 20.8 Å². The smallest absolute Gasteiger partial charge is 0.137 e. The van der Waals surface area contributed by atoms with E-state index < -0.39 is 0 Å². The van der Waals surface area contributed by atoms with E-state index in [0.717, 1.165) is 39.0 Å². The van der Waals surface area contributed by atoms with Crippen molar-refractivity contribution in [3.8, 4) is 11.1 Å². The average molecular weight is 625 g/mol. The second-order valence-corrected chi connectivity index (χ2v) is 12.9. The number of rotatable bonds is 4. The van der Waals surface area contributed by atoms with E-state index >= 15 is 0 Å². The van der Waals surface area contributed by atoms with Crippen LogP contribution in [-0.2, 0) is 0 Å². The molecule has 11 aromatic rings. The molecular weight excluding hydrogens is 597 g/mol. The highest BCUT2D eigenvalue weighted by molar-refractivity contribution is 6.28. The first-order chi connectivity index (χ1) is 24.3. The molecule has 0 aliphatic heterocycles. The molecule has 0 fully saturated rings. The number of nitrogens with zero attached hydrogens (tertiary/aromatic N) is 2. The highest BCUT2D eigenvalue weighted by atomic mass is 16.3. The summed E-state index contributed by atoms with van der Waals surface area (Å²) in [5.74, 6) is 0. The van der Waals surface area contributed by atoms with E-state index in [1.165, 1.54) is 60.0 Å². The number of para-hydroxylation sites is 2. The minimum absolute atomic E-state index is 0.879. The van der Waals surface area contributed by atoms with Crippen molar-refractivity contribution in [1.29, 1.82) is 0 Å². The molecule has 0 N–H and O–H groups in total. The van der Waals surface area contributed by atoms with Crippen LogP contribution in [0.15, 0.2) is 174 Å². The SMILES string of the molecule is c1ccc(-c2ccc(N(c3ccc4c(c3)oc3ccccc34)c3ccc4c(c3)c3ccc5cccc6c7ccccc7n4c3c56)cc2)cc1. The number of fused-ring (bicyclic) bond motifs is 9. The van der Waals surface area contributed by atoms with Crippen LogP contribution in [-0.4, -0.2) is 4.40 Å². The second kappa shape index (κ2) is 9.96. The van der Waals surface area contributed by atoms with Gasteiger partial charge in [-0.2, -0.15) is 0 Å². The third-order valence-corrected chi connectivity index (χ3v) is 10.3. The maximum atomic E-state index is 6.39. The van der Waals surface area contributed by atoms with Gasteiger partial charge < -0.3 is 13.7 Å². The van der Waals surface area contributed by atoms with Gasteiger partial charge in [-0.05, 0) is 76.5 Å². The van der Waals surface area contributed by atoms with Gasteiger partial charge in [-0.25, -0.2) is 0 Å². The molecular formula is C46H28N2O. The number of anilines is 3. The summed E-state index contributed by atoms with van der Waals surface area (Å²) >= 11 is 0. The standard InChI is InChI=1S/C46H28N2O/c1-2-9-29(10-3-1)30-17-20-32(21-18-30)47(34-22-25-37-36-13-5-7-16-43(36)49-44(37)28-34)33-23-26-42-40(27-33)39-24-19-31-11-8-14-38-35-12-4-6-15-41(35)48(42)46(39)45(31)38/h1-28H. The largest absolute Gasteiger partial charge is 0.456 e. The van der Waals surface area contributed by atoms with E-state index in [-0.39, 0.29) is 0 Å². The number of benzene rings is 8. The number of hydrogen-bond donors (Lipinski definition) is 0. The molecule has 49 heavy (non-hydrogen) atoms. The first kappa shape index (κ1) is 26.5. The van der Waals surface area contributed by atoms with Crippen molar-refractivity contribution in [1.82, 2.24) is 4.40 Å². The Morgan fingerprint density at radius 3 is 1.94 bits per heavy atom. The predicted molar refractivity (Wildman–Crippen MR) is 206 cm³/mol. The summed E-state index contributed by atoms with van der Waals surface area (Å²) in [6.45, 7) is 0. The molecule has 8 aromatic carbocycles. The van der Waals surface area contributed by atoms with Crippen molar-refractivity contribution in [2.45, 2.75) is 0 Å². The number of aromatic nitrogens is 1. The van der Waals surface area contributed by atoms with Crippen molar-refractivity contribution in [3.63, 3.8) is 0 Å². The molecule has 3 heterocycles. The summed E-state index contributed by atoms with van der Waals surface area (Å²) in [7, 11) is 0. The molecule has 0 aliphatic rings. The van der Waals surface area contributed by atoms with E-state index in [0.29, 0.717) is 0 Å². The molecule has 3 aromatic heterocycles. The summed E-state index contributed by atoms with van der Waals surface area (Å²) in [6, 6.07) is 61.3. The van der Waals surface area contributed by atoms with Crippen LogP contribution in [0.3, 0.4) is 0 Å². The maximum Gasteiger partial charge on any atom is 0.137 e. The van der Waals surface area contributed by atoms with Crippen molar-refractivity contribution in [3.05, 3.63) is 170 Å². The average Bonchev–Trinajstić information content (AvgIpc) is 3.71. The Kier molecular flexibility index (Phi) is 5.38.